The van der Waals surface area contributed by atoms with Crippen LogP contribution in [0.1, 0.15) is 24.8 Å². The lowest BCUT2D eigenvalue weighted by Gasteiger charge is -2.28. The maximum Gasteiger partial charge on any atom is 0.420 e. The number of carbonyl (C=O) groups excluding carboxylic acids is 2. The number of halogens is 2. The summed E-state index contributed by atoms with van der Waals surface area (Å²) in [5.41, 5.74) is 3.61. The number of hydrazine groups is 1. The Morgan fingerprint density at radius 3 is 2.93 bits per heavy atom. The van der Waals surface area contributed by atoms with Gasteiger partial charge in [0.25, 0.3) is 5.91 Å². The Morgan fingerprint density at radius 2 is 2.21 bits per heavy atom. The summed E-state index contributed by atoms with van der Waals surface area (Å²) in [6, 6.07) is 3.80. The molecule has 0 unspecified atom stereocenters. The number of thioether (sulfide) groups is 1. The van der Waals surface area contributed by atoms with Gasteiger partial charge in [0.15, 0.2) is 5.17 Å². The van der Waals surface area contributed by atoms with E-state index in [0.717, 1.165) is 32.0 Å². The van der Waals surface area contributed by atoms with Gasteiger partial charge in [0.05, 0.1) is 4.91 Å². The molecule has 152 valence electrons. The quantitative estimate of drug-likeness (QED) is 0.563. The SMILES string of the molecule is O=C1N=C(N2CCCCN2)S/C1=C/c1ccc(F)cc1OC(=O)N1CCC=C1Cl. The Hall–Kier alpha value is -2.36. The van der Waals surface area contributed by atoms with Crippen LogP contribution in [0.15, 0.2) is 39.3 Å². The summed E-state index contributed by atoms with van der Waals surface area (Å²) in [4.78, 5) is 30.4. The minimum atomic E-state index is -0.700. The van der Waals surface area contributed by atoms with E-state index in [0.29, 0.717) is 28.6 Å². The number of nitrogens with zero attached hydrogens (tertiary/aromatic N) is 3. The topological polar surface area (TPSA) is 74.2 Å². The van der Waals surface area contributed by atoms with Crippen molar-refractivity contribution in [2.45, 2.75) is 19.3 Å². The van der Waals surface area contributed by atoms with Crippen molar-refractivity contribution >= 4 is 46.6 Å². The maximum absolute atomic E-state index is 13.8. The van der Waals surface area contributed by atoms with E-state index in [9.17, 15) is 14.0 Å². The van der Waals surface area contributed by atoms with Crippen molar-refractivity contribution in [1.82, 2.24) is 15.3 Å². The van der Waals surface area contributed by atoms with E-state index in [2.05, 4.69) is 10.4 Å². The van der Waals surface area contributed by atoms with Gasteiger partial charge in [-0.15, -0.1) is 0 Å². The monoisotopic (exact) mass is 436 g/mol. The normalized spacial score (nSPS) is 20.9. The molecule has 7 nitrogen and oxygen atoms in total. The summed E-state index contributed by atoms with van der Waals surface area (Å²) in [7, 11) is 0. The highest BCUT2D eigenvalue weighted by Crippen LogP contribution is 2.33. The molecule has 1 fully saturated rings. The Bertz CT molecular complexity index is 943. The number of nitrogens with one attached hydrogen (secondary N) is 1. The predicted octanol–water partition coefficient (Wildman–Crippen LogP) is 3.68. The highest BCUT2D eigenvalue weighted by Gasteiger charge is 2.28. The van der Waals surface area contributed by atoms with Crippen molar-refractivity contribution in [2.75, 3.05) is 19.6 Å². The molecule has 0 radical (unpaired) electrons. The van der Waals surface area contributed by atoms with E-state index in [1.807, 2.05) is 5.01 Å². The summed E-state index contributed by atoms with van der Waals surface area (Å²) in [6.07, 6.45) is 5.28. The Labute approximate surface area is 176 Å². The number of rotatable bonds is 2. The first-order valence-corrected chi connectivity index (χ1v) is 10.4. The largest absolute Gasteiger partial charge is 0.420 e. The van der Waals surface area contributed by atoms with Crippen LogP contribution < -0.4 is 10.2 Å². The van der Waals surface area contributed by atoms with Crippen LogP contribution in [0.3, 0.4) is 0 Å². The first-order chi connectivity index (χ1) is 14.0. The van der Waals surface area contributed by atoms with E-state index < -0.39 is 11.9 Å². The fourth-order valence-corrected chi connectivity index (χ4v) is 4.25. The van der Waals surface area contributed by atoms with Crippen molar-refractivity contribution in [2.24, 2.45) is 4.99 Å². The molecule has 4 rings (SSSR count). The molecule has 1 aromatic carbocycles. The molecule has 1 saturated heterocycles. The number of hydrogen-bond donors (Lipinski definition) is 1. The van der Waals surface area contributed by atoms with Gasteiger partial charge in [-0.05, 0) is 55.3 Å². The first kappa shape index (κ1) is 19.9. The van der Waals surface area contributed by atoms with Crippen LogP contribution in [0.4, 0.5) is 9.18 Å². The average molecular weight is 437 g/mol. The van der Waals surface area contributed by atoms with Crippen LogP contribution in [0.2, 0.25) is 0 Å². The van der Waals surface area contributed by atoms with Gasteiger partial charge in [0, 0.05) is 31.3 Å². The van der Waals surface area contributed by atoms with Gasteiger partial charge in [-0.1, -0.05) is 11.6 Å². The zero-order valence-electron chi connectivity index (χ0n) is 15.4. The molecule has 1 aromatic rings. The Kier molecular flexibility index (Phi) is 5.89. The highest BCUT2D eigenvalue weighted by molar-refractivity contribution is 8.18. The molecule has 3 heterocycles. The summed E-state index contributed by atoms with van der Waals surface area (Å²) < 4.78 is 19.1. The lowest BCUT2D eigenvalue weighted by molar-refractivity contribution is -0.113. The van der Waals surface area contributed by atoms with Crippen molar-refractivity contribution in [3.05, 3.63) is 45.7 Å². The van der Waals surface area contributed by atoms with Crippen molar-refractivity contribution in [3.8, 4) is 5.75 Å². The molecule has 0 aromatic heterocycles. The second kappa shape index (κ2) is 8.56. The standard InChI is InChI=1S/C19H18ClFN4O3S/c20-16-4-3-8-24(16)19(27)28-14-11-13(21)6-5-12(14)10-15-17(26)23-18(29-15)25-9-2-1-7-22-25/h4-6,10-11,22H,1-3,7-9H2/b15-10+. The summed E-state index contributed by atoms with van der Waals surface area (Å²) in [5.74, 6) is -0.931. The Balaban J connectivity index is 1.53. The smallest absolute Gasteiger partial charge is 0.409 e. The minimum absolute atomic E-state index is 0.0109. The first-order valence-electron chi connectivity index (χ1n) is 9.19. The van der Waals surface area contributed by atoms with Gasteiger partial charge in [0.2, 0.25) is 0 Å². The van der Waals surface area contributed by atoms with Crippen LogP contribution in [-0.4, -0.2) is 46.7 Å². The van der Waals surface area contributed by atoms with Crippen LogP contribution in [0, 0.1) is 5.82 Å². The van der Waals surface area contributed by atoms with E-state index in [-0.39, 0.29) is 16.8 Å². The third-order valence-corrected chi connectivity index (χ3v) is 5.92. The average Bonchev–Trinajstić information content (AvgIpc) is 3.30. The van der Waals surface area contributed by atoms with Gasteiger partial charge >= 0.3 is 6.09 Å². The number of hydrogen-bond acceptors (Lipinski definition) is 6. The Morgan fingerprint density at radius 1 is 1.34 bits per heavy atom. The summed E-state index contributed by atoms with van der Waals surface area (Å²) >= 11 is 7.21. The number of amidine groups is 1. The van der Waals surface area contributed by atoms with Gasteiger partial charge in [-0.2, -0.15) is 4.99 Å². The minimum Gasteiger partial charge on any atom is -0.409 e. The highest BCUT2D eigenvalue weighted by atomic mass is 35.5. The van der Waals surface area contributed by atoms with E-state index in [4.69, 9.17) is 16.3 Å². The summed E-state index contributed by atoms with van der Waals surface area (Å²) in [6.45, 7) is 2.01. The number of carbonyl (C=O) groups is 2. The molecule has 0 atom stereocenters. The molecule has 0 spiro atoms. The molecule has 0 aliphatic carbocycles. The fourth-order valence-electron chi connectivity index (χ4n) is 3.08. The van der Waals surface area contributed by atoms with Crippen molar-refractivity contribution < 1.29 is 18.7 Å². The van der Waals surface area contributed by atoms with Crippen LogP contribution in [0.5, 0.6) is 5.75 Å². The van der Waals surface area contributed by atoms with Crippen LogP contribution in [0.25, 0.3) is 6.08 Å². The second-order valence-electron chi connectivity index (χ2n) is 6.59. The van der Waals surface area contributed by atoms with Crippen molar-refractivity contribution in [1.29, 1.82) is 0 Å². The fraction of sp³-hybridized carbons (Fsp3) is 0.316. The molecule has 3 aliphatic rings. The molecule has 1 N–H and O–H groups in total. The lowest BCUT2D eigenvalue weighted by atomic mass is 10.2. The van der Waals surface area contributed by atoms with E-state index >= 15 is 0 Å². The molecular weight excluding hydrogens is 419 g/mol. The van der Waals surface area contributed by atoms with Crippen LogP contribution in [-0.2, 0) is 4.79 Å². The number of benzene rings is 1. The van der Waals surface area contributed by atoms with Gasteiger partial charge in [-0.3, -0.25) is 14.7 Å². The molecule has 0 saturated carbocycles. The maximum atomic E-state index is 13.8. The molecule has 29 heavy (non-hydrogen) atoms. The van der Waals surface area contributed by atoms with Crippen molar-refractivity contribution in [3.63, 3.8) is 0 Å². The number of amides is 2. The molecule has 2 amide bonds. The van der Waals surface area contributed by atoms with Crippen LogP contribution >= 0.6 is 23.4 Å². The predicted molar refractivity (Wildman–Crippen MR) is 110 cm³/mol. The van der Waals surface area contributed by atoms with Gasteiger partial charge in [0.1, 0.15) is 16.7 Å². The number of aliphatic imine (C=N–C) groups is 1. The third kappa shape index (κ3) is 4.47. The third-order valence-electron chi connectivity index (χ3n) is 4.55. The molecule has 3 aliphatic heterocycles. The zero-order valence-corrected chi connectivity index (χ0v) is 16.9. The molecule has 10 heteroatoms. The van der Waals surface area contributed by atoms with E-state index in [1.54, 1.807) is 12.2 Å². The summed E-state index contributed by atoms with van der Waals surface area (Å²) in [5, 5.41) is 2.72. The second-order valence-corrected chi connectivity index (χ2v) is 7.99. The lowest BCUT2D eigenvalue weighted by Crippen LogP contribution is -2.45. The van der Waals surface area contributed by atoms with E-state index in [1.165, 1.54) is 28.8 Å². The van der Waals surface area contributed by atoms with Gasteiger partial charge in [-0.25, -0.2) is 14.6 Å². The molecule has 0 bridgehead atoms. The zero-order chi connectivity index (χ0) is 20.4. The number of ether oxygens (including phenoxy) is 1. The van der Waals surface area contributed by atoms with Gasteiger partial charge < -0.3 is 4.74 Å². The molecular formula is C19H18ClFN4O3S.